The minimum atomic E-state index is 0.652. The number of hydrogen-bond donors (Lipinski definition) is 1. The first-order valence-corrected chi connectivity index (χ1v) is 8.59. The monoisotopic (exact) mass is 292 g/mol. The van der Waals surface area contributed by atoms with Crippen molar-refractivity contribution >= 4 is 0 Å². The molecular formula is C15H28N6. The number of aromatic nitrogens is 4. The van der Waals surface area contributed by atoms with Crippen molar-refractivity contribution in [3.8, 4) is 0 Å². The summed E-state index contributed by atoms with van der Waals surface area (Å²) >= 11 is 0. The van der Waals surface area contributed by atoms with Gasteiger partial charge in [-0.1, -0.05) is 19.8 Å². The summed E-state index contributed by atoms with van der Waals surface area (Å²) in [6.45, 7) is 6.37. The lowest BCUT2D eigenvalue weighted by Gasteiger charge is -2.30. The van der Waals surface area contributed by atoms with E-state index in [1.165, 1.54) is 45.1 Å². The van der Waals surface area contributed by atoms with Crippen LogP contribution in [-0.4, -0.2) is 50.3 Å². The van der Waals surface area contributed by atoms with E-state index in [0.717, 1.165) is 37.9 Å². The molecule has 0 bridgehead atoms. The Hall–Kier alpha value is -1.01. The molecule has 6 nitrogen and oxygen atoms in total. The van der Waals surface area contributed by atoms with Crippen molar-refractivity contribution in [3.63, 3.8) is 0 Å². The predicted octanol–water partition coefficient (Wildman–Crippen LogP) is 1.58. The average Bonchev–Trinajstić information content (AvgIpc) is 3.27. The predicted molar refractivity (Wildman–Crippen MR) is 81.8 cm³/mol. The molecule has 0 spiro atoms. The van der Waals surface area contributed by atoms with Crippen molar-refractivity contribution in [2.24, 2.45) is 0 Å². The van der Waals surface area contributed by atoms with E-state index in [-0.39, 0.29) is 0 Å². The van der Waals surface area contributed by atoms with E-state index in [4.69, 9.17) is 0 Å². The fourth-order valence-electron chi connectivity index (χ4n) is 3.15. The number of hydrogen-bond acceptors (Lipinski definition) is 5. The first kappa shape index (κ1) is 14.9. The van der Waals surface area contributed by atoms with E-state index >= 15 is 0 Å². The summed E-state index contributed by atoms with van der Waals surface area (Å²) in [7, 11) is 0. The summed E-state index contributed by atoms with van der Waals surface area (Å²) in [6.07, 6.45) is 9.00. The number of nitrogens with one attached hydrogen (secondary N) is 1. The average molecular weight is 292 g/mol. The molecule has 2 aliphatic rings. The fraction of sp³-hybridized carbons (Fsp3) is 0.933. The van der Waals surface area contributed by atoms with Gasteiger partial charge in [-0.25, -0.2) is 4.68 Å². The van der Waals surface area contributed by atoms with Gasteiger partial charge in [0.25, 0.3) is 0 Å². The molecule has 0 amide bonds. The van der Waals surface area contributed by atoms with Crippen LogP contribution in [0.15, 0.2) is 0 Å². The second-order valence-electron chi connectivity index (χ2n) is 6.48. The molecule has 1 saturated carbocycles. The molecule has 2 heterocycles. The van der Waals surface area contributed by atoms with Crippen LogP contribution in [0.1, 0.15) is 57.7 Å². The summed E-state index contributed by atoms with van der Waals surface area (Å²) in [4.78, 5) is 2.59. The van der Waals surface area contributed by atoms with Crippen molar-refractivity contribution in [2.75, 3.05) is 13.1 Å². The van der Waals surface area contributed by atoms with Crippen LogP contribution in [-0.2, 0) is 13.1 Å². The molecule has 2 fully saturated rings. The minimum absolute atomic E-state index is 0.652. The van der Waals surface area contributed by atoms with E-state index in [0.29, 0.717) is 6.04 Å². The summed E-state index contributed by atoms with van der Waals surface area (Å²) in [5.41, 5.74) is 0. The molecule has 1 aromatic heterocycles. The number of rotatable bonds is 8. The number of piperidine rings is 1. The minimum Gasteiger partial charge on any atom is -0.313 e. The van der Waals surface area contributed by atoms with Crippen LogP contribution >= 0.6 is 0 Å². The Kier molecular flexibility index (Phi) is 5.19. The Morgan fingerprint density at radius 2 is 2.19 bits per heavy atom. The van der Waals surface area contributed by atoms with Gasteiger partial charge >= 0.3 is 0 Å². The smallest absolute Gasteiger partial charge is 0.165 e. The summed E-state index contributed by atoms with van der Waals surface area (Å²) < 4.78 is 1.99. The third-order valence-corrected chi connectivity index (χ3v) is 4.60. The molecule has 1 N–H and O–H groups in total. The van der Waals surface area contributed by atoms with E-state index in [1.54, 1.807) is 0 Å². The highest BCUT2D eigenvalue weighted by Crippen LogP contribution is 2.28. The quantitative estimate of drug-likeness (QED) is 0.788. The van der Waals surface area contributed by atoms with E-state index in [1.807, 2.05) is 4.68 Å². The molecule has 1 saturated heterocycles. The maximum absolute atomic E-state index is 4.25. The maximum atomic E-state index is 4.25. The zero-order valence-electron chi connectivity index (χ0n) is 13.2. The fourth-order valence-corrected chi connectivity index (χ4v) is 3.15. The van der Waals surface area contributed by atoms with Gasteiger partial charge in [0, 0.05) is 25.2 Å². The van der Waals surface area contributed by atoms with Crippen LogP contribution in [0.4, 0.5) is 0 Å². The third-order valence-electron chi connectivity index (χ3n) is 4.60. The van der Waals surface area contributed by atoms with Gasteiger partial charge < -0.3 is 5.32 Å². The first-order valence-electron chi connectivity index (χ1n) is 8.59. The van der Waals surface area contributed by atoms with Gasteiger partial charge in [-0.05, 0) is 49.1 Å². The van der Waals surface area contributed by atoms with Crippen LogP contribution in [0.5, 0.6) is 0 Å². The highest BCUT2D eigenvalue weighted by molar-refractivity contribution is 4.92. The third kappa shape index (κ3) is 4.23. The Labute approximate surface area is 127 Å². The highest BCUT2D eigenvalue weighted by atomic mass is 15.5. The largest absolute Gasteiger partial charge is 0.313 e. The molecule has 1 aliphatic carbocycles. The van der Waals surface area contributed by atoms with E-state index in [9.17, 15) is 0 Å². The number of nitrogens with zero attached hydrogens (tertiary/aromatic N) is 5. The lowest BCUT2D eigenvalue weighted by atomic mass is 10.0. The second kappa shape index (κ2) is 7.31. The number of aryl methyl sites for hydroxylation is 1. The molecule has 0 radical (unpaired) electrons. The van der Waals surface area contributed by atoms with Crippen molar-refractivity contribution in [2.45, 2.75) is 77.0 Å². The Bertz CT molecular complexity index is 422. The van der Waals surface area contributed by atoms with Gasteiger partial charge in [-0.2, -0.15) is 0 Å². The van der Waals surface area contributed by atoms with Crippen LogP contribution < -0.4 is 5.32 Å². The second-order valence-corrected chi connectivity index (χ2v) is 6.48. The summed E-state index contributed by atoms with van der Waals surface area (Å²) in [5.74, 6) is 1.03. The van der Waals surface area contributed by atoms with Crippen LogP contribution in [0.25, 0.3) is 0 Å². The van der Waals surface area contributed by atoms with Gasteiger partial charge in [0.05, 0.1) is 6.54 Å². The molecular weight excluding hydrogens is 264 g/mol. The number of tetrazole rings is 1. The Balaban J connectivity index is 1.58. The van der Waals surface area contributed by atoms with E-state index in [2.05, 4.69) is 32.7 Å². The van der Waals surface area contributed by atoms with Gasteiger partial charge in [0.2, 0.25) is 0 Å². The van der Waals surface area contributed by atoms with Crippen molar-refractivity contribution in [1.82, 2.24) is 30.4 Å². The number of unbranched alkanes of at least 4 members (excludes halogenated alkanes) is 1. The van der Waals surface area contributed by atoms with Gasteiger partial charge in [0.15, 0.2) is 5.82 Å². The normalized spacial score (nSPS) is 22.9. The molecule has 118 valence electrons. The lowest BCUT2D eigenvalue weighted by Crippen LogP contribution is -2.44. The van der Waals surface area contributed by atoms with Crippen LogP contribution in [0.2, 0.25) is 0 Å². The van der Waals surface area contributed by atoms with Crippen LogP contribution in [0, 0.1) is 0 Å². The highest BCUT2D eigenvalue weighted by Gasteiger charge is 2.32. The summed E-state index contributed by atoms with van der Waals surface area (Å²) in [6, 6.07) is 1.41. The summed E-state index contributed by atoms with van der Waals surface area (Å²) in [5, 5.41) is 15.9. The van der Waals surface area contributed by atoms with Crippen molar-refractivity contribution in [1.29, 1.82) is 0 Å². The standard InChI is InChI=1S/C15H28N6/c1-2-3-10-21-15(17-18-19-21)12-20(14-7-8-14)11-13-6-4-5-9-16-13/h13-14,16H,2-12H2,1H3. The van der Waals surface area contributed by atoms with Gasteiger partial charge in [-0.15, -0.1) is 5.10 Å². The van der Waals surface area contributed by atoms with Gasteiger partial charge in [0.1, 0.15) is 0 Å². The topological polar surface area (TPSA) is 58.9 Å². The molecule has 3 rings (SSSR count). The van der Waals surface area contributed by atoms with Crippen molar-refractivity contribution < 1.29 is 0 Å². The molecule has 21 heavy (non-hydrogen) atoms. The first-order chi connectivity index (χ1) is 10.4. The molecule has 1 unspecified atom stereocenters. The van der Waals surface area contributed by atoms with Gasteiger partial charge in [-0.3, -0.25) is 4.90 Å². The van der Waals surface area contributed by atoms with Crippen LogP contribution in [0.3, 0.4) is 0 Å². The lowest BCUT2D eigenvalue weighted by molar-refractivity contribution is 0.200. The zero-order valence-corrected chi connectivity index (χ0v) is 13.2. The molecule has 1 aromatic rings. The molecule has 1 atom stereocenters. The molecule has 1 aliphatic heterocycles. The Morgan fingerprint density at radius 3 is 2.90 bits per heavy atom. The maximum Gasteiger partial charge on any atom is 0.165 e. The molecule has 0 aromatic carbocycles. The molecule has 6 heteroatoms. The van der Waals surface area contributed by atoms with Crippen molar-refractivity contribution in [3.05, 3.63) is 5.82 Å². The Morgan fingerprint density at radius 1 is 1.29 bits per heavy atom. The zero-order chi connectivity index (χ0) is 14.5. The SMILES string of the molecule is CCCCn1nnnc1CN(CC1CCCCN1)C1CC1. The van der Waals surface area contributed by atoms with E-state index < -0.39 is 0 Å².